The van der Waals surface area contributed by atoms with Crippen molar-refractivity contribution < 1.29 is 9.13 Å². The molecule has 0 saturated carbocycles. The van der Waals surface area contributed by atoms with Crippen LogP contribution in [0.4, 0.5) is 4.39 Å². The van der Waals surface area contributed by atoms with E-state index in [1.165, 1.54) is 23.3 Å². The van der Waals surface area contributed by atoms with E-state index in [9.17, 15) is 4.39 Å². The smallest absolute Gasteiger partial charge is 0.288 e. The highest BCUT2D eigenvalue weighted by Gasteiger charge is 2.38. The molecule has 0 spiro atoms. The second kappa shape index (κ2) is 6.40. The second-order valence-corrected chi connectivity index (χ2v) is 7.23. The Bertz CT molecular complexity index is 835. The summed E-state index contributed by atoms with van der Waals surface area (Å²) in [6.45, 7) is 2.60. The van der Waals surface area contributed by atoms with E-state index < -0.39 is 0 Å². The topological polar surface area (TPSA) is 36.9 Å². The summed E-state index contributed by atoms with van der Waals surface area (Å²) in [5, 5.41) is 3.45. The van der Waals surface area contributed by atoms with E-state index in [-0.39, 0.29) is 18.0 Å². The summed E-state index contributed by atoms with van der Waals surface area (Å²) in [5.74, 6) is -0.212. The zero-order valence-corrected chi connectivity index (χ0v) is 14.6. The van der Waals surface area contributed by atoms with Gasteiger partial charge in [0, 0.05) is 6.54 Å². The molecule has 5 heteroatoms. The maximum absolute atomic E-state index is 13.5. The Labute approximate surface area is 152 Å². The molecule has 0 radical (unpaired) electrons. The lowest BCUT2D eigenvalue weighted by atomic mass is 9.88. The Morgan fingerprint density at radius 1 is 1.12 bits per heavy atom. The van der Waals surface area contributed by atoms with Gasteiger partial charge in [-0.3, -0.25) is 0 Å². The van der Waals surface area contributed by atoms with Crippen LogP contribution in [0.15, 0.2) is 53.5 Å². The molecule has 0 bridgehead atoms. The van der Waals surface area contributed by atoms with Gasteiger partial charge in [-0.2, -0.15) is 0 Å². The highest BCUT2D eigenvalue weighted by atomic mass is 19.1. The van der Waals surface area contributed by atoms with Crippen molar-refractivity contribution in [3.05, 3.63) is 71.0 Å². The molecule has 0 amide bonds. The average Bonchev–Trinajstić information content (AvgIpc) is 3.16. The molecule has 134 valence electrons. The van der Waals surface area contributed by atoms with E-state index >= 15 is 0 Å². The molecule has 26 heavy (non-hydrogen) atoms. The number of amidine groups is 1. The zero-order chi connectivity index (χ0) is 17.5. The highest BCUT2D eigenvalue weighted by Crippen LogP contribution is 2.36. The fourth-order valence-corrected chi connectivity index (χ4v) is 4.35. The van der Waals surface area contributed by atoms with Crippen LogP contribution in [0.1, 0.15) is 29.2 Å². The largest absolute Gasteiger partial charge is 0.460 e. The molecule has 4 nitrogen and oxygen atoms in total. The van der Waals surface area contributed by atoms with Crippen LogP contribution >= 0.6 is 0 Å². The number of nitrogens with zero attached hydrogens (tertiary/aromatic N) is 2. The minimum absolute atomic E-state index is 0.00483. The van der Waals surface area contributed by atoms with Gasteiger partial charge in [0.25, 0.3) is 6.02 Å². The van der Waals surface area contributed by atoms with Crippen LogP contribution in [0.5, 0.6) is 0 Å². The summed E-state index contributed by atoms with van der Waals surface area (Å²) < 4.78 is 19.8. The van der Waals surface area contributed by atoms with Crippen LogP contribution in [-0.4, -0.2) is 42.7 Å². The Balaban J connectivity index is 1.54. The first kappa shape index (κ1) is 15.8. The molecule has 3 heterocycles. The molecular weight excluding hydrogens is 329 g/mol. The molecule has 1 N–H and O–H groups in total. The Morgan fingerprint density at radius 3 is 2.85 bits per heavy atom. The van der Waals surface area contributed by atoms with Crippen LogP contribution in [0, 0.1) is 5.82 Å². The maximum atomic E-state index is 13.5. The van der Waals surface area contributed by atoms with Gasteiger partial charge in [0.05, 0.1) is 18.6 Å². The third-order valence-electron chi connectivity index (χ3n) is 5.68. The quantitative estimate of drug-likeness (QED) is 0.858. The van der Waals surface area contributed by atoms with E-state index in [0.717, 1.165) is 44.1 Å². The molecular formula is C21H22FN3O. The molecule has 5 rings (SSSR count). The predicted molar refractivity (Wildman–Crippen MR) is 98.7 cm³/mol. The highest BCUT2D eigenvalue weighted by molar-refractivity contribution is 5.76. The lowest BCUT2D eigenvalue weighted by Gasteiger charge is -2.41. The summed E-state index contributed by atoms with van der Waals surface area (Å²) in [4.78, 5) is 7.00. The standard InChI is InChI=1S/C21H22FN3O/c22-16-7-5-15(6-8-16)20-17-4-2-1-3-14(17)10-12-25(20)21-24-13-18-19(26-21)9-11-23-18/h1-8,18-20,23H,9-13H2/t18-,19-,20+/m1/s1. The number of halogens is 1. The molecule has 3 aliphatic heterocycles. The van der Waals surface area contributed by atoms with Gasteiger partial charge < -0.3 is 15.0 Å². The fraction of sp³-hybridized carbons (Fsp3) is 0.381. The molecule has 0 aromatic heterocycles. The van der Waals surface area contributed by atoms with Gasteiger partial charge in [-0.15, -0.1) is 0 Å². The van der Waals surface area contributed by atoms with Gasteiger partial charge in [0.2, 0.25) is 0 Å². The number of ether oxygens (including phenoxy) is 1. The van der Waals surface area contributed by atoms with Crippen molar-refractivity contribution in [2.75, 3.05) is 19.6 Å². The lowest BCUT2D eigenvalue weighted by Crippen LogP contribution is -2.48. The predicted octanol–water partition coefficient (Wildman–Crippen LogP) is 2.89. The summed E-state index contributed by atoms with van der Waals surface area (Å²) >= 11 is 0. The van der Waals surface area contributed by atoms with Gasteiger partial charge in [0.1, 0.15) is 11.9 Å². The van der Waals surface area contributed by atoms with Crippen molar-refractivity contribution in [1.82, 2.24) is 10.2 Å². The molecule has 2 aromatic carbocycles. The van der Waals surface area contributed by atoms with Crippen LogP contribution in [0.25, 0.3) is 0 Å². The van der Waals surface area contributed by atoms with Crippen LogP contribution < -0.4 is 5.32 Å². The van der Waals surface area contributed by atoms with Crippen LogP contribution in [-0.2, 0) is 11.2 Å². The SMILES string of the molecule is Fc1ccc([C@H]2c3ccccc3CCN2C2=NC[C@H]3NCC[C@H]3O2)cc1. The van der Waals surface area contributed by atoms with Crippen molar-refractivity contribution in [2.24, 2.45) is 4.99 Å². The first-order chi connectivity index (χ1) is 12.8. The number of hydrogen-bond acceptors (Lipinski definition) is 4. The Hall–Kier alpha value is -2.40. The minimum atomic E-state index is -0.212. The molecule has 1 saturated heterocycles. The maximum Gasteiger partial charge on any atom is 0.288 e. The number of nitrogens with one attached hydrogen (secondary N) is 1. The molecule has 0 aliphatic carbocycles. The van der Waals surface area contributed by atoms with Gasteiger partial charge in [-0.25, -0.2) is 9.38 Å². The number of aliphatic imine (C=N–C) groups is 1. The number of hydrogen-bond donors (Lipinski definition) is 1. The van der Waals surface area contributed by atoms with Crippen LogP contribution in [0.2, 0.25) is 0 Å². The van der Waals surface area contributed by atoms with Gasteiger partial charge in [0.15, 0.2) is 0 Å². The van der Waals surface area contributed by atoms with Crippen molar-refractivity contribution in [2.45, 2.75) is 31.0 Å². The number of fused-ring (bicyclic) bond motifs is 2. The van der Waals surface area contributed by atoms with Gasteiger partial charge in [-0.05, 0) is 48.2 Å². The van der Waals surface area contributed by atoms with Crippen LogP contribution in [0.3, 0.4) is 0 Å². The fourth-order valence-electron chi connectivity index (χ4n) is 4.35. The normalized spacial score (nSPS) is 27.3. The Kier molecular flexibility index (Phi) is 3.89. The summed E-state index contributed by atoms with van der Waals surface area (Å²) in [5.41, 5.74) is 3.66. The average molecular weight is 351 g/mol. The first-order valence-electron chi connectivity index (χ1n) is 9.34. The van der Waals surface area contributed by atoms with Crippen molar-refractivity contribution in [3.63, 3.8) is 0 Å². The zero-order valence-electron chi connectivity index (χ0n) is 14.6. The molecule has 3 atom stereocenters. The second-order valence-electron chi connectivity index (χ2n) is 7.23. The van der Waals surface area contributed by atoms with Gasteiger partial charge >= 0.3 is 0 Å². The summed E-state index contributed by atoms with van der Waals surface area (Å²) in [6.07, 6.45) is 2.19. The lowest BCUT2D eigenvalue weighted by molar-refractivity contribution is 0.112. The van der Waals surface area contributed by atoms with E-state index in [1.54, 1.807) is 0 Å². The Morgan fingerprint density at radius 2 is 1.96 bits per heavy atom. The summed E-state index contributed by atoms with van der Waals surface area (Å²) in [6, 6.07) is 16.4. The van der Waals surface area contributed by atoms with E-state index in [1.807, 2.05) is 12.1 Å². The monoisotopic (exact) mass is 351 g/mol. The third kappa shape index (κ3) is 2.67. The molecule has 3 aliphatic rings. The molecule has 2 aromatic rings. The number of rotatable bonds is 1. The number of benzene rings is 2. The van der Waals surface area contributed by atoms with Crippen molar-refractivity contribution in [1.29, 1.82) is 0 Å². The van der Waals surface area contributed by atoms with E-state index in [0.29, 0.717) is 6.04 Å². The molecule has 1 fully saturated rings. The van der Waals surface area contributed by atoms with E-state index in [2.05, 4.69) is 34.5 Å². The van der Waals surface area contributed by atoms with Crippen molar-refractivity contribution in [3.8, 4) is 0 Å². The summed E-state index contributed by atoms with van der Waals surface area (Å²) in [7, 11) is 0. The first-order valence-corrected chi connectivity index (χ1v) is 9.34. The van der Waals surface area contributed by atoms with Gasteiger partial charge in [-0.1, -0.05) is 36.4 Å². The van der Waals surface area contributed by atoms with E-state index in [4.69, 9.17) is 9.73 Å². The molecule has 0 unspecified atom stereocenters. The van der Waals surface area contributed by atoms with Crippen molar-refractivity contribution >= 4 is 6.02 Å². The minimum Gasteiger partial charge on any atom is -0.460 e. The third-order valence-corrected chi connectivity index (χ3v) is 5.68.